The van der Waals surface area contributed by atoms with Crippen LogP contribution in [0.1, 0.15) is 87.8 Å². The SMILES string of the molecule is Cc1ccc(N[C@H]2CCCCC/C=C\[C@H]3C[C@@]3(C(=O)NS(=O)(=O)C3(C)CC3)CC(=O)[C@@H]3C[C@@H](OC(=O)N4Cc5cccc(F)c5C4)CN3C2=O)cc1. The zero-order valence-corrected chi connectivity index (χ0v) is 30.6. The Hall–Kier alpha value is -4.26. The van der Waals surface area contributed by atoms with Crippen LogP contribution in [0.25, 0.3) is 0 Å². The number of nitrogens with one attached hydrogen (secondary N) is 2. The standard InChI is InChI=1S/C39H47FN4O7S/c1-25-13-15-28(16-14-25)41-32-12-7-5-3-4-6-10-27-20-39(27,36(47)42-52(49,50)38(2)17-18-38)21-34(45)33-19-29(23-44(33)35(32)46)51-37(48)43-22-26-9-8-11-31(40)30(26)24-43/h6,8-11,13-16,27,29,32-33,41H,3-5,7,12,17-24H2,1-2H3,(H,42,47)/b10-6-/t27-,29+,32-,33-,39+/m0/s1. The highest BCUT2D eigenvalue weighted by molar-refractivity contribution is 7.91. The Balaban J connectivity index is 1.15. The van der Waals surface area contributed by atoms with E-state index in [1.807, 2.05) is 43.3 Å². The van der Waals surface area contributed by atoms with Crippen LogP contribution >= 0.6 is 0 Å². The molecule has 5 aliphatic rings. The van der Waals surface area contributed by atoms with Gasteiger partial charge in [0.15, 0.2) is 5.78 Å². The third-order valence-electron chi connectivity index (χ3n) is 11.7. The number of carbonyl (C=O) groups excluding carboxylic acids is 4. The number of halogens is 1. The lowest BCUT2D eigenvalue weighted by molar-refractivity contribution is -0.139. The van der Waals surface area contributed by atoms with E-state index in [2.05, 4.69) is 10.0 Å². The predicted octanol–water partition coefficient (Wildman–Crippen LogP) is 5.52. The van der Waals surface area contributed by atoms with E-state index in [1.54, 1.807) is 19.1 Å². The number of ether oxygens (including phenoxy) is 1. The zero-order valence-electron chi connectivity index (χ0n) is 29.7. The van der Waals surface area contributed by atoms with E-state index >= 15 is 0 Å². The van der Waals surface area contributed by atoms with E-state index in [1.165, 1.54) is 15.9 Å². The second-order valence-corrected chi connectivity index (χ2v) is 17.8. The van der Waals surface area contributed by atoms with Crippen LogP contribution in [-0.4, -0.2) is 71.4 Å². The number of carbonyl (C=O) groups is 4. The van der Waals surface area contributed by atoms with E-state index in [0.29, 0.717) is 36.8 Å². The minimum Gasteiger partial charge on any atom is -0.444 e. The molecule has 2 saturated carbocycles. The maximum Gasteiger partial charge on any atom is 0.410 e. The van der Waals surface area contributed by atoms with Gasteiger partial charge < -0.3 is 15.0 Å². The van der Waals surface area contributed by atoms with Gasteiger partial charge in [0.1, 0.15) is 18.0 Å². The van der Waals surface area contributed by atoms with Crippen molar-refractivity contribution < 1.29 is 36.7 Å². The zero-order chi connectivity index (χ0) is 36.8. The van der Waals surface area contributed by atoms with Crippen molar-refractivity contribution in [3.63, 3.8) is 0 Å². The van der Waals surface area contributed by atoms with Crippen LogP contribution in [0.5, 0.6) is 0 Å². The summed E-state index contributed by atoms with van der Waals surface area (Å²) in [6, 6.07) is 10.8. The first-order valence-corrected chi connectivity index (χ1v) is 19.9. The molecule has 3 heterocycles. The van der Waals surface area contributed by atoms with Gasteiger partial charge in [0.05, 0.1) is 29.3 Å². The molecular weight excluding hydrogens is 688 g/mol. The summed E-state index contributed by atoms with van der Waals surface area (Å²) in [6.45, 7) is 3.79. The topological polar surface area (TPSA) is 142 Å². The normalized spacial score (nSPS) is 29.1. The number of rotatable bonds is 6. The predicted molar refractivity (Wildman–Crippen MR) is 192 cm³/mol. The molecule has 3 amide bonds. The van der Waals surface area contributed by atoms with Crippen molar-refractivity contribution in [1.29, 1.82) is 0 Å². The number of anilines is 1. The molecule has 0 unspecified atom stereocenters. The fraction of sp³-hybridized carbons (Fsp3) is 0.538. The fourth-order valence-corrected chi connectivity index (χ4v) is 9.20. The van der Waals surface area contributed by atoms with E-state index in [-0.39, 0.29) is 50.1 Å². The van der Waals surface area contributed by atoms with E-state index in [0.717, 1.165) is 36.9 Å². The Bertz CT molecular complexity index is 1900. The fourth-order valence-electron chi connectivity index (χ4n) is 7.87. The number of Topliss-reactive ketones (excluding diaryl/α,β-unsaturated/α-hetero) is 1. The maximum atomic E-state index is 14.5. The van der Waals surface area contributed by atoms with Crippen molar-refractivity contribution in [3.05, 3.63) is 77.1 Å². The van der Waals surface area contributed by atoms with Crippen LogP contribution in [0.2, 0.25) is 0 Å². The summed E-state index contributed by atoms with van der Waals surface area (Å²) in [6.07, 6.45) is 7.21. The first kappa shape index (κ1) is 36.1. The molecule has 5 atom stereocenters. The van der Waals surface area contributed by atoms with Crippen molar-refractivity contribution in [2.75, 3.05) is 11.9 Å². The Kier molecular flexibility index (Phi) is 9.68. The van der Waals surface area contributed by atoms with Crippen molar-refractivity contribution in [2.24, 2.45) is 11.3 Å². The quantitative estimate of drug-likeness (QED) is 0.370. The summed E-state index contributed by atoms with van der Waals surface area (Å²) in [5.74, 6) is -2.10. The van der Waals surface area contributed by atoms with E-state index in [9.17, 15) is 32.0 Å². The Labute approximate surface area is 304 Å². The summed E-state index contributed by atoms with van der Waals surface area (Å²) >= 11 is 0. The number of amides is 3. The molecule has 0 bridgehead atoms. The lowest BCUT2D eigenvalue weighted by Crippen LogP contribution is -2.49. The van der Waals surface area contributed by atoms with Crippen molar-refractivity contribution in [1.82, 2.24) is 14.5 Å². The second-order valence-electron chi connectivity index (χ2n) is 15.6. The third-order valence-corrected chi connectivity index (χ3v) is 13.9. The molecule has 52 heavy (non-hydrogen) atoms. The van der Waals surface area contributed by atoms with Gasteiger partial charge in [-0.25, -0.2) is 17.6 Å². The Morgan fingerprint density at radius 2 is 1.79 bits per heavy atom. The molecule has 0 radical (unpaired) electrons. The van der Waals surface area contributed by atoms with Gasteiger partial charge in [0, 0.05) is 30.6 Å². The number of nitrogens with zero attached hydrogens (tertiary/aromatic N) is 2. The van der Waals surface area contributed by atoms with Gasteiger partial charge >= 0.3 is 6.09 Å². The average molecular weight is 735 g/mol. The molecule has 278 valence electrons. The number of aryl methyl sites for hydroxylation is 1. The maximum absolute atomic E-state index is 14.5. The Morgan fingerprint density at radius 3 is 2.52 bits per heavy atom. The second kappa shape index (κ2) is 13.9. The monoisotopic (exact) mass is 734 g/mol. The lowest BCUT2D eigenvalue weighted by atomic mass is 9.91. The smallest absolute Gasteiger partial charge is 0.410 e. The van der Waals surface area contributed by atoms with Crippen molar-refractivity contribution in [3.8, 4) is 0 Å². The molecule has 11 nitrogen and oxygen atoms in total. The largest absolute Gasteiger partial charge is 0.444 e. The van der Waals surface area contributed by atoms with Crippen LogP contribution in [0.3, 0.4) is 0 Å². The minimum absolute atomic E-state index is 0.0251. The van der Waals surface area contributed by atoms with Gasteiger partial charge in [-0.3, -0.25) is 24.0 Å². The van der Waals surface area contributed by atoms with Crippen molar-refractivity contribution in [2.45, 2.75) is 114 Å². The number of ketones is 1. The van der Waals surface area contributed by atoms with E-state index < -0.39 is 56.2 Å². The van der Waals surface area contributed by atoms with E-state index in [4.69, 9.17) is 4.74 Å². The number of hydrogen-bond acceptors (Lipinski definition) is 8. The highest BCUT2D eigenvalue weighted by Gasteiger charge is 2.62. The Morgan fingerprint density at radius 1 is 1.02 bits per heavy atom. The minimum atomic E-state index is -3.94. The molecule has 0 spiro atoms. The molecule has 2 aromatic carbocycles. The molecule has 13 heteroatoms. The molecule has 0 aromatic heterocycles. The molecule has 2 aliphatic carbocycles. The van der Waals surface area contributed by atoms with Gasteiger partial charge in [-0.05, 0) is 82.1 Å². The van der Waals surface area contributed by atoms with Crippen LogP contribution in [-0.2, 0) is 42.2 Å². The summed E-state index contributed by atoms with van der Waals surface area (Å²) in [7, 11) is -3.94. The summed E-state index contributed by atoms with van der Waals surface area (Å²) in [5.41, 5.74) is 1.70. The van der Waals surface area contributed by atoms with Crippen LogP contribution in [0.4, 0.5) is 14.9 Å². The molecule has 2 N–H and O–H groups in total. The molecule has 7 rings (SSSR count). The number of benzene rings is 2. The number of allylic oxidation sites excluding steroid dienone is 2. The highest BCUT2D eigenvalue weighted by Crippen LogP contribution is 2.57. The summed E-state index contributed by atoms with van der Waals surface area (Å²) < 4.78 is 47.9. The lowest BCUT2D eigenvalue weighted by Gasteiger charge is -2.30. The van der Waals surface area contributed by atoms with Gasteiger partial charge in [0.2, 0.25) is 21.8 Å². The van der Waals surface area contributed by atoms with Gasteiger partial charge in [-0.1, -0.05) is 54.8 Å². The first-order chi connectivity index (χ1) is 24.8. The van der Waals surface area contributed by atoms with Crippen molar-refractivity contribution >= 4 is 39.4 Å². The van der Waals surface area contributed by atoms with Gasteiger partial charge in [-0.2, -0.15) is 0 Å². The molecule has 1 saturated heterocycles. The van der Waals surface area contributed by atoms with Gasteiger partial charge in [-0.15, -0.1) is 0 Å². The summed E-state index contributed by atoms with van der Waals surface area (Å²) in [4.78, 5) is 59.0. The number of hydrogen-bond donors (Lipinski definition) is 2. The van der Waals surface area contributed by atoms with Crippen LogP contribution in [0.15, 0.2) is 54.6 Å². The molecule has 3 aliphatic heterocycles. The molecule has 2 aromatic rings. The van der Waals surface area contributed by atoms with Crippen LogP contribution < -0.4 is 10.0 Å². The van der Waals surface area contributed by atoms with Gasteiger partial charge in [0.25, 0.3) is 0 Å². The molecule has 3 fully saturated rings. The number of sulfonamides is 1. The molecular formula is C39H47FN4O7S. The summed E-state index contributed by atoms with van der Waals surface area (Å²) in [5, 5.41) is 3.38. The number of fused-ring (bicyclic) bond motifs is 3. The third kappa shape index (κ3) is 7.20. The average Bonchev–Trinajstić information content (AvgIpc) is 3.90. The highest BCUT2D eigenvalue weighted by atomic mass is 32.2. The first-order valence-electron chi connectivity index (χ1n) is 18.4. The van der Waals surface area contributed by atoms with Crippen LogP contribution in [0, 0.1) is 24.1 Å².